The zero-order chi connectivity index (χ0) is 21.8. The first kappa shape index (κ1) is 21.3. The SMILES string of the molecule is CN(Cc1ccccc1)C1CN(C(=O)[C@@H]2C[C@@H](O)CN2C(=O)OCc2ccccc2)C1. The molecule has 0 spiro atoms. The summed E-state index contributed by atoms with van der Waals surface area (Å²) in [5.41, 5.74) is 2.12. The molecule has 2 aliphatic rings. The number of amides is 2. The maximum Gasteiger partial charge on any atom is 0.410 e. The molecule has 2 amide bonds. The third kappa shape index (κ3) is 5.06. The number of aliphatic hydroxyl groups is 1. The van der Waals surface area contributed by atoms with E-state index in [1.165, 1.54) is 10.5 Å². The molecule has 0 saturated carbocycles. The van der Waals surface area contributed by atoms with E-state index in [2.05, 4.69) is 24.1 Å². The lowest BCUT2D eigenvalue weighted by Crippen LogP contribution is -2.63. The van der Waals surface area contributed by atoms with Crippen molar-refractivity contribution in [1.29, 1.82) is 0 Å². The smallest absolute Gasteiger partial charge is 0.410 e. The fourth-order valence-electron chi connectivity index (χ4n) is 4.18. The Morgan fingerprint density at radius 3 is 2.26 bits per heavy atom. The highest BCUT2D eigenvalue weighted by molar-refractivity contribution is 5.87. The van der Waals surface area contributed by atoms with Crippen LogP contribution in [-0.2, 0) is 22.7 Å². The second kappa shape index (κ2) is 9.49. The molecule has 164 valence electrons. The standard InChI is InChI=1S/C24H29N3O4/c1-25(13-18-8-4-2-5-9-18)20-14-26(15-20)23(29)22-12-21(28)16-27(22)24(30)31-17-19-10-6-3-7-11-19/h2-11,20-22,28H,12-17H2,1H3/t21-,22+/m1/s1. The van der Waals surface area contributed by atoms with Crippen LogP contribution in [0.25, 0.3) is 0 Å². The van der Waals surface area contributed by atoms with Crippen molar-refractivity contribution in [3.63, 3.8) is 0 Å². The Labute approximate surface area is 182 Å². The zero-order valence-electron chi connectivity index (χ0n) is 17.8. The van der Waals surface area contributed by atoms with Crippen LogP contribution in [0.2, 0.25) is 0 Å². The molecule has 0 unspecified atom stereocenters. The van der Waals surface area contributed by atoms with Crippen LogP contribution in [0.3, 0.4) is 0 Å². The summed E-state index contributed by atoms with van der Waals surface area (Å²) in [6.07, 6.45) is -1.02. The molecule has 31 heavy (non-hydrogen) atoms. The van der Waals surface area contributed by atoms with E-state index in [0.29, 0.717) is 13.1 Å². The summed E-state index contributed by atoms with van der Waals surface area (Å²) >= 11 is 0. The quantitative estimate of drug-likeness (QED) is 0.770. The summed E-state index contributed by atoms with van der Waals surface area (Å²) in [4.78, 5) is 31.0. The van der Waals surface area contributed by atoms with Crippen molar-refractivity contribution in [3.05, 3.63) is 71.8 Å². The van der Waals surface area contributed by atoms with E-state index in [1.807, 2.05) is 48.5 Å². The van der Waals surface area contributed by atoms with E-state index in [1.54, 1.807) is 4.90 Å². The van der Waals surface area contributed by atoms with Crippen LogP contribution in [0.1, 0.15) is 17.5 Å². The Balaban J connectivity index is 1.29. The molecule has 7 heteroatoms. The number of rotatable bonds is 6. The van der Waals surface area contributed by atoms with Crippen molar-refractivity contribution < 1.29 is 19.4 Å². The lowest BCUT2D eigenvalue weighted by atomic mass is 10.0. The minimum Gasteiger partial charge on any atom is -0.445 e. The van der Waals surface area contributed by atoms with Gasteiger partial charge in [0.15, 0.2) is 0 Å². The van der Waals surface area contributed by atoms with Crippen LogP contribution in [-0.4, -0.2) is 76.7 Å². The molecule has 2 saturated heterocycles. The highest BCUT2D eigenvalue weighted by Gasteiger charge is 2.44. The second-order valence-electron chi connectivity index (χ2n) is 8.40. The average molecular weight is 424 g/mol. The summed E-state index contributed by atoms with van der Waals surface area (Å²) in [5, 5.41) is 10.1. The maximum absolute atomic E-state index is 13.0. The summed E-state index contributed by atoms with van der Waals surface area (Å²) < 4.78 is 5.39. The van der Waals surface area contributed by atoms with E-state index in [0.717, 1.165) is 12.1 Å². The van der Waals surface area contributed by atoms with Gasteiger partial charge in [0.05, 0.1) is 12.6 Å². The van der Waals surface area contributed by atoms with Crippen LogP contribution in [0.5, 0.6) is 0 Å². The predicted octanol–water partition coefficient (Wildman–Crippen LogP) is 2.10. The summed E-state index contributed by atoms with van der Waals surface area (Å²) in [6.45, 7) is 2.34. The molecule has 2 heterocycles. The van der Waals surface area contributed by atoms with Gasteiger partial charge in [0.2, 0.25) is 5.91 Å². The van der Waals surface area contributed by atoms with Gasteiger partial charge in [-0.1, -0.05) is 60.7 Å². The van der Waals surface area contributed by atoms with Gasteiger partial charge in [-0.05, 0) is 18.2 Å². The molecule has 0 aliphatic carbocycles. The van der Waals surface area contributed by atoms with Crippen LogP contribution in [0.4, 0.5) is 4.79 Å². The number of likely N-dealkylation sites (N-methyl/N-ethyl adjacent to an activating group) is 1. The number of likely N-dealkylation sites (tertiary alicyclic amines) is 2. The number of β-amino-alcohol motifs (C(OH)–C–C–N with tert-alkyl or cyclic N) is 1. The van der Waals surface area contributed by atoms with Crippen molar-refractivity contribution in [3.8, 4) is 0 Å². The summed E-state index contributed by atoms with van der Waals surface area (Å²) in [6, 6.07) is 19.3. The third-order valence-corrected chi connectivity index (χ3v) is 6.08. The highest BCUT2D eigenvalue weighted by Crippen LogP contribution is 2.25. The summed E-state index contributed by atoms with van der Waals surface area (Å²) in [7, 11) is 2.06. The van der Waals surface area contributed by atoms with Gasteiger partial charge in [0.1, 0.15) is 12.6 Å². The first-order valence-electron chi connectivity index (χ1n) is 10.7. The Morgan fingerprint density at radius 2 is 1.61 bits per heavy atom. The highest BCUT2D eigenvalue weighted by atomic mass is 16.6. The predicted molar refractivity (Wildman–Crippen MR) is 116 cm³/mol. The lowest BCUT2D eigenvalue weighted by molar-refractivity contribution is -0.143. The Bertz CT molecular complexity index is 886. The van der Waals surface area contributed by atoms with Crippen molar-refractivity contribution in [2.45, 2.75) is 37.8 Å². The molecule has 0 radical (unpaired) electrons. The number of benzene rings is 2. The second-order valence-corrected chi connectivity index (χ2v) is 8.40. The van der Waals surface area contributed by atoms with Gasteiger partial charge < -0.3 is 14.7 Å². The molecule has 0 aromatic heterocycles. The fraction of sp³-hybridized carbons (Fsp3) is 0.417. The van der Waals surface area contributed by atoms with Gasteiger partial charge in [-0.3, -0.25) is 14.6 Å². The van der Waals surface area contributed by atoms with Crippen LogP contribution >= 0.6 is 0 Å². The van der Waals surface area contributed by atoms with Crippen LogP contribution < -0.4 is 0 Å². The Hall–Kier alpha value is -2.90. The molecule has 2 aromatic rings. The van der Waals surface area contributed by atoms with E-state index < -0.39 is 18.2 Å². The van der Waals surface area contributed by atoms with Gasteiger partial charge in [0.25, 0.3) is 0 Å². The first-order valence-corrected chi connectivity index (χ1v) is 10.7. The van der Waals surface area contributed by atoms with E-state index >= 15 is 0 Å². The third-order valence-electron chi connectivity index (χ3n) is 6.08. The lowest BCUT2D eigenvalue weighted by Gasteiger charge is -2.45. The van der Waals surface area contributed by atoms with Gasteiger partial charge in [-0.2, -0.15) is 0 Å². The Kier molecular flexibility index (Phi) is 6.53. The van der Waals surface area contributed by atoms with Gasteiger partial charge >= 0.3 is 6.09 Å². The van der Waals surface area contributed by atoms with Crippen molar-refractivity contribution in [2.24, 2.45) is 0 Å². The normalized spacial score (nSPS) is 21.3. The minimum absolute atomic E-state index is 0.113. The Morgan fingerprint density at radius 1 is 1.00 bits per heavy atom. The molecule has 2 fully saturated rings. The molecule has 0 bridgehead atoms. The minimum atomic E-state index is -0.712. The molecule has 1 N–H and O–H groups in total. The van der Waals surface area contributed by atoms with E-state index in [-0.39, 0.29) is 31.5 Å². The number of carbonyl (C=O) groups is 2. The molecule has 2 atom stereocenters. The van der Waals surface area contributed by atoms with Crippen LogP contribution in [0, 0.1) is 0 Å². The van der Waals surface area contributed by atoms with Crippen LogP contribution in [0.15, 0.2) is 60.7 Å². The van der Waals surface area contributed by atoms with E-state index in [9.17, 15) is 14.7 Å². The largest absolute Gasteiger partial charge is 0.445 e. The topological polar surface area (TPSA) is 73.3 Å². The molecular weight excluding hydrogens is 394 g/mol. The maximum atomic E-state index is 13.0. The molecular formula is C24H29N3O4. The van der Waals surface area contributed by atoms with Crippen molar-refractivity contribution in [2.75, 3.05) is 26.7 Å². The molecule has 2 aromatic carbocycles. The number of hydrogen-bond donors (Lipinski definition) is 1. The van der Waals surface area contributed by atoms with Crippen molar-refractivity contribution >= 4 is 12.0 Å². The molecule has 7 nitrogen and oxygen atoms in total. The van der Waals surface area contributed by atoms with Crippen molar-refractivity contribution in [1.82, 2.24) is 14.7 Å². The summed E-state index contributed by atoms with van der Waals surface area (Å²) in [5.74, 6) is -0.113. The average Bonchev–Trinajstić information content (AvgIpc) is 3.14. The number of aliphatic hydroxyl groups excluding tert-OH is 1. The molecule has 4 rings (SSSR count). The number of nitrogens with zero attached hydrogens (tertiary/aromatic N) is 3. The monoisotopic (exact) mass is 423 g/mol. The van der Waals surface area contributed by atoms with Gasteiger partial charge in [-0.25, -0.2) is 4.79 Å². The fourth-order valence-corrected chi connectivity index (χ4v) is 4.18. The van der Waals surface area contributed by atoms with E-state index in [4.69, 9.17) is 4.74 Å². The number of hydrogen-bond acceptors (Lipinski definition) is 5. The first-order chi connectivity index (χ1) is 15.0. The number of carbonyl (C=O) groups excluding carboxylic acids is 2. The van der Waals surface area contributed by atoms with Gasteiger partial charge in [-0.15, -0.1) is 0 Å². The zero-order valence-corrected chi connectivity index (χ0v) is 17.8. The number of ether oxygens (including phenoxy) is 1. The molecule has 2 aliphatic heterocycles. The van der Waals surface area contributed by atoms with Gasteiger partial charge in [0, 0.05) is 32.1 Å².